The fourth-order valence-electron chi connectivity index (χ4n) is 2.06. The van der Waals surface area contributed by atoms with E-state index in [1.165, 1.54) is 25.7 Å². The van der Waals surface area contributed by atoms with Gasteiger partial charge in [0.15, 0.2) is 0 Å². The van der Waals surface area contributed by atoms with E-state index in [9.17, 15) is 0 Å². The van der Waals surface area contributed by atoms with Gasteiger partial charge in [0.2, 0.25) is 0 Å². The van der Waals surface area contributed by atoms with Gasteiger partial charge < -0.3 is 15.8 Å². The molecule has 1 fully saturated rings. The third kappa shape index (κ3) is 4.47. The second kappa shape index (κ2) is 6.53. The SMILES string of the molecule is CCCOc1cc(N)cc(NCCCC2CC2)c1. The van der Waals surface area contributed by atoms with Crippen LogP contribution in [0.15, 0.2) is 18.2 Å². The topological polar surface area (TPSA) is 47.3 Å². The molecule has 0 aliphatic heterocycles. The van der Waals surface area contributed by atoms with Crippen LogP contribution in [0.25, 0.3) is 0 Å². The lowest BCUT2D eigenvalue weighted by Gasteiger charge is -2.10. The van der Waals surface area contributed by atoms with E-state index >= 15 is 0 Å². The Balaban J connectivity index is 1.79. The zero-order chi connectivity index (χ0) is 12.8. The Bertz CT molecular complexity index is 375. The zero-order valence-corrected chi connectivity index (χ0v) is 11.2. The van der Waals surface area contributed by atoms with Gasteiger partial charge >= 0.3 is 0 Å². The van der Waals surface area contributed by atoms with Gasteiger partial charge in [0.1, 0.15) is 5.75 Å². The van der Waals surface area contributed by atoms with E-state index in [-0.39, 0.29) is 0 Å². The van der Waals surface area contributed by atoms with Crippen LogP contribution in [0.3, 0.4) is 0 Å². The molecule has 3 heteroatoms. The van der Waals surface area contributed by atoms with Crippen LogP contribution in [0, 0.1) is 5.92 Å². The Morgan fingerprint density at radius 1 is 1.33 bits per heavy atom. The number of anilines is 2. The monoisotopic (exact) mass is 248 g/mol. The summed E-state index contributed by atoms with van der Waals surface area (Å²) in [5, 5.41) is 3.43. The highest BCUT2D eigenvalue weighted by atomic mass is 16.5. The van der Waals surface area contributed by atoms with Crippen molar-refractivity contribution in [2.75, 3.05) is 24.2 Å². The number of ether oxygens (including phenoxy) is 1. The fraction of sp³-hybridized carbons (Fsp3) is 0.600. The molecule has 3 N–H and O–H groups in total. The molecule has 3 nitrogen and oxygen atoms in total. The maximum Gasteiger partial charge on any atom is 0.123 e. The van der Waals surface area contributed by atoms with E-state index < -0.39 is 0 Å². The molecule has 1 aliphatic carbocycles. The van der Waals surface area contributed by atoms with Crippen LogP contribution in [0.5, 0.6) is 5.75 Å². The summed E-state index contributed by atoms with van der Waals surface area (Å²) in [7, 11) is 0. The molecule has 0 heterocycles. The highest BCUT2D eigenvalue weighted by Gasteiger charge is 2.19. The van der Waals surface area contributed by atoms with Gasteiger partial charge in [-0.1, -0.05) is 19.8 Å². The number of nitrogens with one attached hydrogen (secondary N) is 1. The first-order valence-electron chi connectivity index (χ1n) is 7.05. The molecule has 0 unspecified atom stereocenters. The van der Waals surface area contributed by atoms with Crippen molar-refractivity contribution in [2.45, 2.75) is 39.0 Å². The maximum atomic E-state index is 5.87. The molecule has 1 saturated carbocycles. The molecule has 0 radical (unpaired) electrons. The van der Waals surface area contributed by atoms with Crippen LogP contribution in [-0.2, 0) is 0 Å². The predicted octanol–water partition coefficient (Wildman–Crippen LogP) is 3.66. The lowest BCUT2D eigenvalue weighted by Crippen LogP contribution is -2.03. The van der Waals surface area contributed by atoms with Crippen LogP contribution in [0.4, 0.5) is 11.4 Å². The molecule has 0 saturated heterocycles. The smallest absolute Gasteiger partial charge is 0.123 e. The molecule has 18 heavy (non-hydrogen) atoms. The summed E-state index contributed by atoms with van der Waals surface area (Å²) in [6.07, 6.45) is 6.48. The van der Waals surface area contributed by atoms with Gasteiger partial charge in [0.25, 0.3) is 0 Å². The molecule has 1 aromatic carbocycles. The van der Waals surface area contributed by atoms with Crippen molar-refractivity contribution in [3.05, 3.63) is 18.2 Å². The van der Waals surface area contributed by atoms with Gasteiger partial charge in [0, 0.05) is 30.1 Å². The lowest BCUT2D eigenvalue weighted by atomic mass is 10.2. The maximum absolute atomic E-state index is 5.87. The van der Waals surface area contributed by atoms with Crippen LogP contribution in [0.2, 0.25) is 0 Å². The first-order valence-corrected chi connectivity index (χ1v) is 7.05. The Labute approximate surface area is 110 Å². The summed E-state index contributed by atoms with van der Waals surface area (Å²) in [6, 6.07) is 5.88. The number of nitrogen functional groups attached to an aromatic ring is 1. The molecule has 1 aliphatic rings. The zero-order valence-electron chi connectivity index (χ0n) is 11.2. The Morgan fingerprint density at radius 2 is 2.17 bits per heavy atom. The van der Waals surface area contributed by atoms with Gasteiger partial charge in [-0.2, -0.15) is 0 Å². The highest BCUT2D eigenvalue weighted by molar-refractivity contribution is 5.59. The van der Waals surface area contributed by atoms with Crippen molar-refractivity contribution in [2.24, 2.45) is 5.92 Å². The number of hydrogen-bond acceptors (Lipinski definition) is 3. The second-order valence-electron chi connectivity index (χ2n) is 5.15. The molecule has 0 spiro atoms. The fourth-order valence-corrected chi connectivity index (χ4v) is 2.06. The molecule has 0 aromatic heterocycles. The van der Waals surface area contributed by atoms with E-state index in [1.807, 2.05) is 18.2 Å². The standard InChI is InChI=1S/C15H24N2O/c1-2-8-18-15-10-13(16)9-14(11-15)17-7-3-4-12-5-6-12/h9-12,17H,2-8,16H2,1H3. The highest BCUT2D eigenvalue weighted by Crippen LogP contribution is 2.33. The average Bonchev–Trinajstić information content (AvgIpc) is 3.15. The Kier molecular flexibility index (Phi) is 4.73. The van der Waals surface area contributed by atoms with Gasteiger partial charge in [-0.05, 0) is 31.2 Å². The normalized spacial score (nSPS) is 14.5. The van der Waals surface area contributed by atoms with Gasteiger partial charge in [-0.15, -0.1) is 0 Å². The third-order valence-electron chi connectivity index (χ3n) is 3.22. The van der Waals surface area contributed by atoms with E-state index in [1.54, 1.807) is 0 Å². The summed E-state index contributed by atoms with van der Waals surface area (Å²) in [6.45, 7) is 3.86. The third-order valence-corrected chi connectivity index (χ3v) is 3.22. The molecule has 0 bridgehead atoms. The van der Waals surface area contributed by atoms with Gasteiger partial charge in [-0.25, -0.2) is 0 Å². The summed E-state index contributed by atoms with van der Waals surface area (Å²) in [4.78, 5) is 0. The Morgan fingerprint density at radius 3 is 2.89 bits per heavy atom. The first kappa shape index (κ1) is 13.1. The largest absolute Gasteiger partial charge is 0.493 e. The summed E-state index contributed by atoms with van der Waals surface area (Å²) < 4.78 is 5.61. The molecular formula is C15H24N2O. The van der Waals surface area contributed by atoms with Crippen LogP contribution >= 0.6 is 0 Å². The first-order chi connectivity index (χ1) is 8.78. The number of rotatable bonds is 8. The van der Waals surface area contributed by atoms with Gasteiger partial charge in [-0.3, -0.25) is 0 Å². The van der Waals surface area contributed by atoms with Crippen molar-refractivity contribution in [3.8, 4) is 5.75 Å². The predicted molar refractivity (Wildman–Crippen MR) is 77.1 cm³/mol. The molecule has 0 atom stereocenters. The molecule has 1 aromatic rings. The van der Waals surface area contributed by atoms with Crippen molar-refractivity contribution >= 4 is 11.4 Å². The molecular weight excluding hydrogens is 224 g/mol. The summed E-state index contributed by atoms with van der Waals surface area (Å²) in [5.41, 5.74) is 7.70. The van der Waals surface area contributed by atoms with Crippen LogP contribution in [0.1, 0.15) is 39.0 Å². The van der Waals surface area contributed by atoms with E-state index in [4.69, 9.17) is 10.5 Å². The molecule has 100 valence electrons. The number of nitrogens with two attached hydrogens (primary N) is 1. The number of hydrogen-bond donors (Lipinski definition) is 2. The van der Waals surface area contributed by atoms with E-state index in [2.05, 4.69) is 12.2 Å². The van der Waals surface area contributed by atoms with Crippen molar-refractivity contribution < 1.29 is 4.74 Å². The lowest BCUT2D eigenvalue weighted by molar-refractivity contribution is 0.318. The average molecular weight is 248 g/mol. The molecule has 0 amide bonds. The quantitative estimate of drug-likeness (QED) is 0.545. The van der Waals surface area contributed by atoms with Crippen LogP contribution in [-0.4, -0.2) is 13.2 Å². The second-order valence-corrected chi connectivity index (χ2v) is 5.15. The van der Waals surface area contributed by atoms with Crippen molar-refractivity contribution in [1.82, 2.24) is 0 Å². The van der Waals surface area contributed by atoms with E-state index in [0.717, 1.165) is 42.6 Å². The minimum Gasteiger partial charge on any atom is -0.493 e. The van der Waals surface area contributed by atoms with Crippen LogP contribution < -0.4 is 15.8 Å². The minimum atomic E-state index is 0.741. The van der Waals surface area contributed by atoms with Crippen molar-refractivity contribution in [3.63, 3.8) is 0 Å². The number of benzene rings is 1. The van der Waals surface area contributed by atoms with E-state index in [0.29, 0.717) is 0 Å². The molecule has 2 rings (SSSR count). The Hall–Kier alpha value is -1.38. The summed E-state index contributed by atoms with van der Waals surface area (Å²) >= 11 is 0. The van der Waals surface area contributed by atoms with Crippen molar-refractivity contribution in [1.29, 1.82) is 0 Å². The summed E-state index contributed by atoms with van der Waals surface area (Å²) in [5.74, 6) is 1.87. The minimum absolute atomic E-state index is 0.741. The van der Waals surface area contributed by atoms with Gasteiger partial charge in [0.05, 0.1) is 6.61 Å².